The molecular weight excluding hydrogens is 220 g/mol. The van der Waals surface area contributed by atoms with Gasteiger partial charge in [-0.15, -0.1) is 0 Å². The molecule has 0 saturated carbocycles. The van der Waals surface area contributed by atoms with E-state index in [1.807, 2.05) is 0 Å². The van der Waals surface area contributed by atoms with Gasteiger partial charge in [-0.3, -0.25) is 10.1 Å². The zero-order valence-electron chi connectivity index (χ0n) is 9.79. The highest BCUT2D eigenvalue weighted by atomic mass is 16.6. The highest BCUT2D eigenvalue weighted by Gasteiger charge is 2.22. The topological polar surface area (TPSA) is 64.7 Å². The van der Waals surface area contributed by atoms with E-state index < -0.39 is 4.92 Å². The molecule has 0 spiro atoms. The Morgan fingerprint density at radius 1 is 1.41 bits per heavy atom. The van der Waals surface area contributed by atoms with Crippen molar-refractivity contribution in [3.63, 3.8) is 0 Å². The lowest BCUT2D eigenvalue weighted by Gasteiger charge is -2.06. The minimum absolute atomic E-state index is 0.0766. The number of non-ortho nitro benzene ring substituents is 1. The van der Waals surface area contributed by atoms with Gasteiger partial charge in [0.05, 0.1) is 11.0 Å². The number of hydrogen-bond donors (Lipinski definition) is 0. The minimum Gasteiger partial charge on any atom is -0.475 e. The second-order valence-corrected chi connectivity index (χ2v) is 4.36. The van der Waals surface area contributed by atoms with Crippen LogP contribution in [0, 0.1) is 16.0 Å². The Morgan fingerprint density at radius 2 is 2.06 bits per heavy atom. The normalized spacial score (nSPS) is 19.0. The highest BCUT2D eigenvalue weighted by molar-refractivity contribution is 5.95. The summed E-state index contributed by atoms with van der Waals surface area (Å²) in [6.07, 6.45) is 0. The molecule has 1 aromatic carbocycles. The maximum absolute atomic E-state index is 10.5. The summed E-state index contributed by atoms with van der Waals surface area (Å²) < 4.78 is 5.49. The quantitative estimate of drug-likeness (QED) is 0.595. The molecule has 0 amide bonds. The first-order valence-corrected chi connectivity index (χ1v) is 5.53. The number of rotatable bonds is 3. The average molecular weight is 234 g/mol. The number of nitro benzene ring substituents is 1. The van der Waals surface area contributed by atoms with E-state index in [4.69, 9.17) is 4.74 Å². The van der Waals surface area contributed by atoms with Gasteiger partial charge in [-0.25, -0.2) is 4.99 Å². The van der Waals surface area contributed by atoms with Gasteiger partial charge in [0.25, 0.3) is 5.69 Å². The molecule has 1 aromatic rings. The Balaban J connectivity index is 2.19. The fraction of sp³-hybridized carbons (Fsp3) is 0.417. The van der Waals surface area contributed by atoms with Crippen LogP contribution >= 0.6 is 0 Å². The summed E-state index contributed by atoms with van der Waals surface area (Å²) in [5, 5.41) is 10.5. The Bertz CT molecular complexity index is 451. The number of ether oxygens (including phenoxy) is 1. The van der Waals surface area contributed by atoms with E-state index in [9.17, 15) is 10.1 Å². The summed E-state index contributed by atoms with van der Waals surface area (Å²) in [5.74, 6) is 1.02. The fourth-order valence-electron chi connectivity index (χ4n) is 1.61. The molecule has 0 N–H and O–H groups in total. The van der Waals surface area contributed by atoms with Crippen molar-refractivity contribution < 1.29 is 9.66 Å². The van der Waals surface area contributed by atoms with Crippen LogP contribution in [0.1, 0.15) is 19.4 Å². The van der Waals surface area contributed by atoms with Gasteiger partial charge in [0, 0.05) is 17.7 Å². The molecule has 1 aliphatic rings. The van der Waals surface area contributed by atoms with Crippen LogP contribution in [0.25, 0.3) is 0 Å². The van der Waals surface area contributed by atoms with Crippen molar-refractivity contribution in [1.29, 1.82) is 0 Å². The van der Waals surface area contributed by atoms with E-state index in [1.54, 1.807) is 12.1 Å². The minimum atomic E-state index is -0.419. The summed E-state index contributed by atoms with van der Waals surface area (Å²) in [6, 6.07) is 6.44. The van der Waals surface area contributed by atoms with Crippen LogP contribution in [0.15, 0.2) is 29.3 Å². The molecule has 1 heterocycles. The van der Waals surface area contributed by atoms with Gasteiger partial charge >= 0.3 is 0 Å². The molecule has 1 atom stereocenters. The number of aliphatic imine (C=N–C) groups is 1. The highest BCUT2D eigenvalue weighted by Crippen LogP contribution is 2.19. The Labute approximate surface area is 99.3 Å². The van der Waals surface area contributed by atoms with Gasteiger partial charge in [-0.2, -0.15) is 0 Å². The van der Waals surface area contributed by atoms with Crippen LogP contribution in [0.3, 0.4) is 0 Å². The van der Waals surface area contributed by atoms with Crippen LogP contribution in [0.5, 0.6) is 0 Å². The van der Waals surface area contributed by atoms with Gasteiger partial charge in [0.1, 0.15) is 6.61 Å². The average Bonchev–Trinajstić information content (AvgIpc) is 2.78. The van der Waals surface area contributed by atoms with E-state index in [-0.39, 0.29) is 11.7 Å². The van der Waals surface area contributed by atoms with Crippen molar-refractivity contribution >= 4 is 11.6 Å². The molecule has 5 heteroatoms. The van der Waals surface area contributed by atoms with Crippen molar-refractivity contribution in [3.05, 3.63) is 39.9 Å². The van der Waals surface area contributed by atoms with Crippen molar-refractivity contribution in [2.75, 3.05) is 6.61 Å². The van der Waals surface area contributed by atoms with Gasteiger partial charge in [-0.1, -0.05) is 13.8 Å². The monoisotopic (exact) mass is 234 g/mol. The Hall–Kier alpha value is -1.91. The van der Waals surface area contributed by atoms with Crippen molar-refractivity contribution in [3.8, 4) is 0 Å². The smallest absolute Gasteiger partial charge is 0.269 e. The molecule has 1 aliphatic heterocycles. The maximum atomic E-state index is 10.5. The van der Waals surface area contributed by atoms with E-state index in [0.29, 0.717) is 18.4 Å². The zero-order chi connectivity index (χ0) is 12.4. The molecule has 2 rings (SSSR count). The van der Waals surface area contributed by atoms with Crippen LogP contribution in [0.2, 0.25) is 0 Å². The molecule has 0 saturated heterocycles. The molecule has 5 nitrogen and oxygen atoms in total. The van der Waals surface area contributed by atoms with Crippen LogP contribution in [-0.4, -0.2) is 23.5 Å². The van der Waals surface area contributed by atoms with Gasteiger partial charge in [0.2, 0.25) is 5.90 Å². The Morgan fingerprint density at radius 3 is 2.53 bits per heavy atom. The molecule has 0 aliphatic carbocycles. The number of benzene rings is 1. The summed E-state index contributed by atoms with van der Waals surface area (Å²) >= 11 is 0. The summed E-state index contributed by atoms with van der Waals surface area (Å²) in [7, 11) is 0. The third-order valence-electron chi connectivity index (χ3n) is 2.77. The van der Waals surface area contributed by atoms with Gasteiger partial charge < -0.3 is 4.74 Å². The fourth-order valence-corrected chi connectivity index (χ4v) is 1.61. The lowest BCUT2D eigenvalue weighted by Crippen LogP contribution is -2.13. The third kappa shape index (κ3) is 2.43. The first kappa shape index (κ1) is 11.6. The maximum Gasteiger partial charge on any atom is 0.269 e. The largest absolute Gasteiger partial charge is 0.475 e. The molecule has 0 fully saturated rings. The standard InChI is InChI=1S/C12H14N2O3/c1-8(2)11-7-17-12(13-11)9-3-5-10(6-4-9)14(15)16/h3-6,8,11H,7H2,1-2H3/t11-/m1/s1. The van der Waals surface area contributed by atoms with E-state index >= 15 is 0 Å². The molecule has 17 heavy (non-hydrogen) atoms. The molecule has 0 bridgehead atoms. The number of nitro groups is 1. The van der Waals surface area contributed by atoms with Crippen LogP contribution < -0.4 is 0 Å². The molecule has 0 radical (unpaired) electrons. The van der Waals surface area contributed by atoms with Crippen LogP contribution in [0.4, 0.5) is 5.69 Å². The molecular formula is C12H14N2O3. The second kappa shape index (κ2) is 4.53. The lowest BCUT2D eigenvalue weighted by molar-refractivity contribution is -0.384. The van der Waals surface area contributed by atoms with E-state index in [2.05, 4.69) is 18.8 Å². The zero-order valence-corrected chi connectivity index (χ0v) is 9.79. The van der Waals surface area contributed by atoms with Crippen LogP contribution in [-0.2, 0) is 4.74 Å². The summed E-state index contributed by atoms with van der Waals surface area (Å²) in [4.78, 5) is 14.6. The number of nitrogens with zero attached hydrogens (tertiary/aromatic N) is 2. The first-order valence-electron chi connectivity index (χ1n) is 5.53. The second-order valence-electron chi connectivity index (χ2n) is 4.36. The van der Waals surface area contributed by atoms with E-state index in [1.165, 1.54) is 12.1 Å². The summed E-state index contributed by atoms with van der Waals surface area (Å²) in [6.45, 7) is 4.77. The predicted octanol–water partition coefficient (Wildman–Crippen LogP) is 2.40. The lowest BCUT2D eigenvalue weighted by atomic mass is 10.1. The van der Waals surface area contributed by atoms with Gasteiger partial charge in [0.15, 0.2) is 0 Å². The molecule has 0 aromatic heterocycles. The predicted molar refractivity (Wildman–Crippen MR) is 64.2 cm³/mol. The third-order valence-corrected chi connectivity index (χ3v) is 2.77. The molecule has 90 valence electrons. The first-order chi connectivity index (χ1) is 8.08. The van der Waals surface area contributed by atoms with Crippen molar-refractivity contribution in [2.45, 2.75) is 19.9 Å². The molecule has 0 unspecified atom stereocenters. The van der Waals surface area contributed by atoms with Crippen molar-refractivity contribution in [2.24, 2.45) is 10.9 Å². The van der Waals surface area contributed by atoms with E-state index in [0.717, 1.165) is 5.56 Å². The number of hydrogen-bond acceptors (Lipinski definition) is 4. The SMILES string of the molecule is CC(C)[C@H]1COC(c2ccc([N+](=O)[O-])cc2)=N1. The van der Waals surface area contributed by atoms with Crippen molar-refractivity contribution in [1.82, 2.24) is 0 Å². The van der Waals surface area contributed by atoms with Gasteiger partial charge in [-0.05, 0) is 18.1 Å². The Kier molecular flexibility index (Phi) is 3.08. The summed E-state index contributed by atoms with van der Waals surface area (Å²) in [5.41, 5.74) is 0.867.